The fourth-order valence-electron chi connectivity index (χ4n) is 3.42. The average Bonchev–Trinajstić information content (AvgIpc) is 3.07. The van der Waals surface area contributed by atoms with Crippen LogP contribution in [0.25, 0.3) is 6.08 Å². The van der Waals surface area contributed by atoms with Crippen LogP contribution in [-0.2, 0) is 11.3 Å². The van der Waals surface area contributed by atoms with Gasteiger partial charge in [-0.05, 0) is 60.2 Å². The van der Waals surface area contributed by atoms with Crippen LogP contribution in [-0.4, -0.2) is 29.1 Å². The van der Waals surface area contributed by atoms with Crippen molar-refractivity contribution in [1.29, 1.82) is 0 Å². The van der Waals surface area contributed by atoms with E-state index < -0.39 is 5.97 Å². The van der Waals surface area contributed by atoms with Crippen LogP contribution in [0, 0.1) is 6.92 Å². The zero-order valence-electron chi connectivity index (χ0n) is 18.4. The molecule has 0 atom stereocenters. The topological polar surface area (TPSA) is 72.9 Å². The number of ether oxygens (including phenoxy) is 2. The maximum absolute atomic E-state index is 12.9. The molecule has 172 valence electrons. The summed E-state index contributed by atoms with van der Waals surface area (Å²) in [7, 11) is 1.45. The first-order valence-electron chi connectivity index (χ1n) is 10.3. The van der Waals surface area contributed by atoms with Gasteiger partial charge in [0.25, 0.3) is 11.1 Å². The standard InChI is InChI=1S/C26H20ClNO5S/c1-16-6-5-7-18(12-16)15-28-24(29)23(34-26(28)31)14-17-10-11-21(22(13-17)32-2)33-25(30)19-8-3-4-9-20(19)27/h3-14H,15H2,1-2H3/b23-14-. The number of benzene rings is 3. The summed E-state index contributed by atoms with van der Waals surface area (Å²) in [6, 6.07) is 19.1. The van der Waals surface area contributed by atoms with E-state index in [0.29, 0.717) is 16.2 Å². The molecular formula is C26H20ClNO5S. The Morgan fingerprint density at radius 3 is 2.56 bits per heavy atom. The summed E-state index contributed by atoms with van der Waals surface area (Å²) >= 11 is 6.95. The number of amides is 2. The highest BCUT2D eigenvalue weighted by Gasteiger charge is 2.35. The quantitative estimate of drug-likeness (QED) is 0.234. The van der Waals surface area contributed by atoms with Gasteiger partial charge < -0.3 is 9.47 Å². The maximum atomic E-state index is 12.9. The fourth-order valence-corrected chi connectivity index (χ4v) is 4.47. The molecule has 2 amide bonds. The molecule has 0 bridgehead atoms. The Kier molecular flexibility index (Phi) is 7.05. The minimum Gasteiger partial charge on any atom is -0.493 e. The van der Waals surface area contributed by atoms with Crippen molar-refractivity contribution in [3.63, 3.8) is 0 Å². The van der Waals surface area contributed by atoms with Gasteiger partial charge in [0.1, 0.15) is 0 Å². The Balaban J connectivity index is 1.53. The maximum Gasteiger partial charge on any atom is 0.345 e. The van der Waals surface area contributed by atoms with Gasteiger partial charge in [-0.3, -0.25) is 14.5 Å². The predicted molar refractivity (Wildman–Crippen MR) is 132 cm³/mol. The van der Waals surface area contributed by atoms with E-state index in [9.17, 15) is 14.4 Å². The highest BCUT2D eigenvalue weighted by atomic mass is 35.5. The summed E-state index contributed by atoms with van der Waals surface area (Å²) < 4.78 is 10.8. The van der Waals surface area contributed by atoms with E-state index in [0.717, 1.165) is 22.9 Å². The number of imide groups is 1. The Labute approximate surface area is 206 Å². The van der Waals surface area contributed by atoms with Crippen molar-refractivity contribution >= 4 is 46.6 Å². The molecule has 6 nitrogen and oxygen atoms in total. The van der Waals surface area contributed by atoms with Crippen molar-refractivity contribution in [2.24, 2.45) is 0 Å². The third-order valence-electron chi connectivity index (χ3n) is 5.08. The van der Waals surface area contributed by atoms with E-state index in [2.05, 4.69) is 0 Å². The minimum absolute atomic E-state index is 0.206. The second kappa shape index (κ2) is 10.2. The molecule has 1 fully saturated rings. The Bertz CT molecular complexity index is 1320. The summed E-state index contributed by atoms with van der Waals surface area (Å²) in [5, 5.41) is -0.0421. The van der Waals surface area contributed by atoms with E-state index >= 15 is 0 Å². The number of carbonyl (C=O) groups excluding carboxylic acids is 3. The van der Waals surface area contributed by atoms with E-state index in [4.69, 9.17) is 21.1 Å². The van der Waals surface area contributed by atoms with Gasteiger partial charge in [0.05, 0.1) is 29.1 Å². The lowest BCUT2D eigenvalue weighted by atomic mass is 10.1. The van der Waals surface area contributed by atoms with Crippen molar-refractivity contribution in [3.05, 3.63) is 98.9 Å². The van der Waals surface area contributed by atoms with Crippen LogP contribution in [0.2, 0.25) is 5.02 Å². The first-order valence-corrected chi connectivity index (χ1v) is 11.5. The number of rotatable bonds is 6. The molecule has 1 heterocycles. The number of carbonyl (C=O) groups is 3. The number of hydrogen-bond donors (Lipinski definition) is 0. The summed E-state index contributed by atoms with van der Waals surface area (Å²) in [6.45, 7) is 2.17. The van der Waals surface area contributed by atoms with Crippen molar-refractivity contribution in [2.75, 3.05) is 7.11 Å². The fraction of sp³-hybridized carbons (Fsp3) is 0.115. The normalized spacial score (nSPS) is 14.6. The molecule has 1 aliphatic heterocycles. The van der Waals surface area contributed by atoms with Gasteiger partial charge in [-0.25, -0.2) is 4.79 Å². The summed E-state index contributed by atoms with van der Waals surface area (Å²) in [5.74, 6) is -0.469. The molecule has 0 aliphatic carbocycles. The molecule has 0 radical (unpaired) electrons. The largest absolute Gasteiger partial charge is 0.493 e. The number of thioether (sulfide) groups is 1. The van der Waals surface area contributed by atoms with Gasteiger partial charge in [0.15, 0.2) is 11.5 Å². The minimum atomic E-state index is -0.617. The number of aryl methyl sites for hydroxylation is 1. The molecule has 8 heteroatoms. The zero-order chi connectivity index (χ0) is 24.2. The van der Waals surface area contributed by atoms with Crippen LogP contribution in [0.1, 0.15) is 27.0 Å². The van der Waals surface area contributed by atoms with Gasteiger partial charge >= 0.3 is 5.97 Å². The van der Waals surface area contributed by atoms with Crippen molar-refractivity contribution < 1.29 is 23.9 Å². The summed E-state index contributed by atoms with van der Waals surface area (Å²) in [4.78, 5) is 39.4. The third kappa shape index (κ3) is 5.16. The van der Waals surface area contributed by atoms with Crippen LogP contribution in [0.15, 0.2) is 71.6 Å². The van der Waals surface area contributed by atoms with Crippen molar-refractivity contribution in [2.45, 2.75) is 13.5 Å². The van der Waals surface area contributed by atoms with Crippen molar-refractivity contribution in [3.8, 4) is 11.5 Å². The molecule has 0 N–H and O–H groups in total. The number of hydrogen-bond acceptors (Lipinski definition) is 6. The molecule has 0 spiro atoms. The molecule has 0 saturated carbocycles. The first-order chi connectivity index (χ1) is 16.4. The van der Waals surface area contributed by atoms with Crippen LogP contribution >= 0.6 is 23.4 Å². The molecule has 0 aromatic heterocycles. The third-order valence-corrected chi connectivity index (χ3v) is 6.32. The van der Waals surface area contributed by atoms with E-state index in [1.165, 1.54) is 12.0 Å². The number of halogens is 1. The van der Waals surface area contributed by atoms with E-state index in [-0.39, 0.29) is 34.0 Å². The summed E-state index contributed by atoms with van der Waals surface area (Å²) in [5.41, 5.74) is 2.80. The molecular weight excluding hydrogens is 474 g/mol. The molecule has 1 aliphatic rings. The smallest absolute Gasteiger partial charge is 0.345 e. The SMILES string of the molecule is COc1cc(/C=C2\SC(=O)N(Cc3cccc(C)c3)C2=O)ccc1OC(=O)c1ccccc1Cl. The van der Waals surface area contributed by atoms with Crippen LogP contribution in [0.4, 0.5) is 4.79 Å². The van der Waals surface area contributed by atoms with Crippen LogP contribution in [0.3, 0.4) is 0 Å². The molecule has 4 rings (SSSR count). The highest BCUT2D eigenvalue weighted by Crippen LogP contribution is 2.35. The zero-order valence-corrected chi connectivity index (χ0v) is 20.0. The van der Waals surface area contributed by atoms with Gasteiger partial charge in [-0.2, -0.15) is 0 Å². The Hall–Kier alpha value is -3.55. The predicted octanol–water partition coefficient (Wildman–Crippen LogP) is 6.11. The molecule has 3 aromatic carbocycles. The first kappa shape index (κ1) is 23.6. The van der Waals surface area contributed by atoms with Crippen LogP contribution in [0.5, 0.6) is 11.5 Å². The van der Waals surface area contributed by atoms with E-state index in [1.54, 1.807) is 48.5 Å². The molecule has 34 heavy (non-hydrogen) atoms. The monoisotopic (exact) mass is 493 g/mol. The van der Waals surface area contributed by atoms with Gasteiger partial charge in [0.2, 0.25) is 0 Å². The van der Waals surface area contributed by atoms with E-state index in [1.807, 2.05) is 31.2 Å². The second-order valence-corrected chi connectivity index (χ2v) is 8.94. The Morgan fingerprint density at radius 2 is 1.82 bits per heavy atom. The van der Waals surface area contributed by atoms with Gasteiger partial charge in [-0.1, -0.05) is 59.6 Å². The number of esters is 1. The highest BCUT2D eigenvalue weighted by molar-refractivity contribution is 8.18. The van der Waals surface area contributed by atoms with Gasteiger partial charge in [0, 0.05) is 0 Å². The molecule has 3 aromatic rings. The lowest BCUT2D eigenvalue weighted by Gasteiger charge is -2.13. The lowest BCUT2D eigenvalue weighted by molar-refractivity contribution is -0.123. The van der Waals surface area contributed by atoms with Crippen LogP contribution < -0.4 is 9.47 Å². The average molecular weight is 494 g/mol. The van der Waals surface area contributed by atoms with Gasteiger partial charge in [-0.15, -0.1) is 0 Å². The molecule has 0 unspecified atom stereocenters. The lowest BCUT2D eigenvalue weighted by Crippen LogP contribution is -2.27. The second-order valence-electron chi connectivity index (χ2n) is 7.54. The summed E-state index contributed by atoms with van der Waals surface area (Å²) in [6.07, 6.45) is 1.61. The Morgan fingerprint density at radius 1 is 1.03 bits per heavy atom. The van der Waals surface area contributed by atoms with Crippen molar-refractivity contribution in [1.82, 2.24) is 4.90 Å². The molecule has 1 saturated heterocycles. The number of nitrogens with zero attached hydrogens (tertiary/aromatic N) is 1. The number of methoxy groups -OCH3 is 1.